The van der Waals surface area contributed by atoms with Crippen LogP contribution in [0.1, 0.15) is 28.3 Å². The minimum atomic E-state index is -3.67. The molecule has 0 aliphatic carbocycles. The van der Waals surface area contributed by atoms with Gasteiger partial charge in [-0.2, -0.15) is 8.42 Å². The van der Waals surface area contributed by atoms with Crippen molar-refractivity contribution >= 4 is 44.6 Å². The van der Waals surface area contributed by atoms with Gasteiger partial charge < -0.3 is 25.3 Å². The number of rotatable bonds is 7. The van der Waals surface area contributed by atoms with Crippen LogP contribution < -0.4 is 15.8 Å². The Kier molecular flexibility index (Phi) is 8.47. The van der Waals surface area contributed by atoms with Crippen molar-refractivity contribution in [2.75, 3.05) is 6.26 Å². The fourth-order valence-electron chi connectivity index (χ4n) is 2.58. The van der Waals surface area contributed by atoms with Crippen LogP contribution in [-0.2, 0) is 26.3 Å². The molecule has 0 atom stereocenters. The second-order valence-electron chi connectivity index (χ2n) is 6.87. The number of nitrogens with two attached hydrogens (primary N) is 1. The molecule has 13 heteroatoms. The number of amides is 1. The average Bonchev–Trinajstić information content (AvgIpc) is 3.19. The number of carboxylic acid groups (broad SMARTS) is 1. The van der Waals surface area contributed by atoms with E-state index in [0.29, 0.717) is 17.6 Å². The summed E-state index contributed by atoms with van der Waals surface area (Å²) in [5, 5.41) is 20.0. The van der Waals surface area contributed by atoms with E-state index in [9.17, 15) is 22.8 Å². The number of hydrogen-bond donors (Lipinski definition) is 5. The van der Waals surface area contributed by atoms with Crippen LogP contribution >= 0.6 is 0 Å². The zero-order valence-electron chi connectivity index (χ0n) is 17.8. The Labute approximate surface area is 193 Å². The van der Waals surface area contributed by atoms with E-state index < -0.39 is 34.4 Å². The Morgan fingerprint density at radius 1 is 1.09 bits per heavy atom. The van der Waals surface area contributed by atoms with Crippen LogP contribution in [-0.4, -0.2) is 48.0 Å². The number of ether oxygens (including phenoxy) is 1. The van der Waals surface area contributed by atoms with E-state index in [2.05, 4.69) is 5.32 Å². The minimum absolute atomic E-state index is 0.0322. The number of amidine groups is 1. The fraction of sp³-hybridized carbons (Fsp3) is 0.143. The maximum atomic E-state index is 12.3. The molecule has 3 rings (SSSR count). The highest BCUT2D eigenvalue weighted by Gasteiger charge is 2.15. The van der Waals surface area contributed by atoms with E-state index in [1.807, 2.05) is 0 Å². The maximum Gasteiger partial charge on any atom is 0.379 e. The first-order valence-corrected chi connectivity index (χ1v) is 11.3. The highest BCUT2D eigenvalue weighted by Crippen LogP contribution is 2.23. The van der Waals surface area contributed by atoms with E-state index in [1.165, 1.54) is 12.1 Å². The molecule has 0 aliphatic rings. The standard InChI is InChI=1S/C20H17N3O6.CH4O3S/c21-19(22)13-2-1-12-8-14(4-3-11(12)7-13)29-20(27)16-6-5-15(28-16)10-23-17(24)9-18(25)26;1-5(2,3)4/h1-8H,9-10H2,(H3,21,22)(H,23,24)(H,25,26);1H3,(H,2,3,4). The second kappa shape index (κ2) is 11.1. The SMILES string of the molecule is CS(=O)(=O)O.N=C(N)c1ccc2cc(OC(=O)c3ccc(CNC(=O)CC(=O)O)o3)ccc2c1. The Morgan fingerprint density at radius 3 is 2.32 bits per heavy atom. The second-order valence-corrected chi connectivity index (χ2v) is 8.34. The van der Waals surface area contributed by atoms with Gasteiger partial charge in [0.2, 0.25) is 11.7 Å². The molecule has 34 heavy (non-hydrogen) atoms. The van der Waals surface area contributed by atoms with Crippen LogP contribution in [0.15, 0.2) is 52.9 Å². The number of carbonyl (C=O) groups is 3. The van der Waals surface area contributed by atoms with Gasteiger partial charge in [-0.15, -0.1) is 0 Å². The Hall–Kier alpha value is -4.23. The third-order valence-corrected chi connectivity index (χ3v) is 3.97. The van der Waals surface area contributed by atoms with Crippen molar-refractivity contribution in [1.82, 2.24) is 5.32 Å². The Bertz CT molecular complexity index is 1340. The van der Waals surface area contributed by atoms with Crippen LogP contribution in [0.4, 0.5) is 0 Å². The normalized spacial score (nSPS) is 10.6. The molecule has 180 valence electrons. The number of aliphatic carboxylic acids is 1. The average molecular weight is 491 g/mol. The summed E-state index contributed by atoms with van der Waals surface area (Å²) in [5.41, 5.74) is 6.08. The lowest BCUT2D eigenvalue weighted by atomic mass is 10.1. The van der Waals surface area contributed by atoms with Crippen LogP contribution in [0.5, 0.6) is 5.75 Å². The Morgan fingerprint density at radius 2 is 1.71 bits per heavy atom. The van der Waals surface area contributed by atoms with Gasteiger partial charge in [-0.1, -0.05) is 18.2 Å². The molecule has 0 spiro atoms. The molecule has 0 bridgehead atoms. The van der Waals surface area contributed by atoms with Crippen molar-refractivity contribution in [2.45, 2.75) is 13.0 Å². The summed E-state index contributed by atoms with van der Waals surface area (Å²) in [5.74, 6) is -2.11. The van der Waals surface area contributed by atoms with Crippen LogP contribution in [0.2, 0.25) is 0 Å². The lowest BCUT2D eigenvalue weighted by Crippen LogP contribution is -2.24. The van der Waals surface area contributed by atoms with Crippen molar-refractivity contribution in [3.05, 3.63) is 65.6 Å². The maximum absolute atomic E-state index is 12.3. The summed E-state index contributed by atoms with van der Waals surface area (Å²) in [7, 11) is -3.67. The number of benzene rings is 2. The molecular weight excluding hydrogens is 470 g/mol. The summed E-state index contributed by atoms with van der Waals surface area (Å²) in [6.45, 7) is -0.0478. The molecule has 0 aliphatic heterocycles. The third-order valence-electron chi connectivity index (χ3n) is 3.97. The number of furan rings is 1. The number of nitrogen functional groups attached to an aromatic ring is 1. The van der Waals surface area contributed by atoms with Gasteiger partial charge >= 0.3 is 11.9 Å². The van der Waals surface area contributed by atoms with Crippen molar-refractivity contribution in [1.29, 1.82) is 5.41 Å². The first kappa shape index (κ1) is 26.0. The van der Waals surface area contributed by atoms with E-state index in [0.717, 1.165) is 10.8 Å². The number of carbonyl (C=O) groups excluding carboxylic acids is 2. The molecular formula is C21H21N3O9S. The van der Waals surface area contributed by atoms with Gasteiger partial charge in [0, 0.05) is 5.56 Å². The molecule has 0 fully saturated rings. The Balaban J connectivity index is 0.000000739. The fourth-order valence-corrected chi connectivity index (χ4v) is 2.58. The van der Waals surface area contributed by atoms with Gasteiger partial charge in [-0.3, -0.25) is 19.6 Å². The summed E-state index contributed by atoms with van der Waals surface area (Å²) in [4.78, 5) is 34.1. The number of fused-ring (bicyclic) bond motifs is 1. The van der Waals surface area contributed by atoms with Gasteiger partial charge in [-0.05, 0) is 41.1 Å². The van der Waals surface area contributed by atoms with Crippen LogP contribution in [0, 0.1) is 5.41 Å². The summed E-state index contributed by atoms with van der Waals surface area (Å²) < 4.78 is 36.5. The number of nitrogens with one attached hydrogen (secondary N) is 2. The van der Waals surface area contributed by atoms with Crippen molar-refractivity contribution in [2.24, 2.45) is 5.73 Å². The largest absolute Gasteiger partial charge is 0.481 e. The lowest BCUT2D eigenvalue weighted by Gasteiger charge is -2.06. The predicted molar refractivity (Wildman–Crippen MR) is 120 cm³/mol. The molecule has 0 saturated carbocycles. The molecule has 12 nitrogen and oxygen atoms in total. The molecule has 3 aromatic rings. The number of carboxylic acids is 1. The van der Waals surface area contributed by atoms with Gasteiger partial charge in [0.1, 0.15) is 23.8 Å². The third kappa shape index (κ3) is 8.72. The number of hydrogen-bond acceptors (Lipinski definition) is 8. The highest BCUT2D eigenvalue weighted by atomic mass is 32.2. The van der Waals surface area contributed by atoms with Gasteiger partial charge in [-0.25, -0.2) is 4.79 Å². The first-order chi connectivity index (χ1) is 15.8. The summed E-state index contributed by atoms with van der Waals surface area (Å²) in [6.07, 6.45) is 0.0679. The quantitative estimate of drug-likeness (QED) is 0.0803. The molecule has 0 unspecified atom stereocenters. The summed E-state index contributed by atoms with van der Waals surface area (Å²) >= 11 is 0. The molecule has 1 heterocycles. The molecule has 1 amide bonds. The van der Waals surface area contributed by atoms with Crippen LogP contribution in [0.3, 0.4) is 0 Å². The predicted octanol–water partition coefficient (Wildman–Crippen LogP) is 1.53. The van der Waals surface area contributed by atoms with Crippen molar-refractivity contribution < 1.29 is 41.6 Å². The van der Waals surface area contributed by atoms with Gasteiger partial charge in [0.25, 0.3) is 10.1 Å². The lowest BCUT2D eigenvalue weighted by molar-refractivity contribution is -0.140. The smallest absolute Gasteiger partial charge is 0.379 e. The monoisotopic (exact) mass is 491 g/mol. The molecule has 6 N–H and O–H groups in total. The molecule has 2 aromatic carbocycles. The summed E-state index contributed by atoms with van der Waals surface area (Å²) in [6, 6.07) is 13.2. The van der Waals surface area contributed by atoms with Crippen molar-refractivity contribution in [3.63, 3.8) is 0 Å². The first-order valence-electron chi connectivity index (χ1n) is 9.42. The zero-order valence-corrected chi connectivity index (χ0v) is 18.6. The van der Waals surface area contributed by atoms with Gasteiger partial charge in [0.15, 0.2) is 0 Å². The van der Waals surface area contributed by atoms with E-state index >= 15 is 0 Å². The molecule has 0 radical (unpaired) electrons. The molecule has 0 saturated heterocycles. The highest BCUT2D eigenvalue weighted by molar-refractivity contribution is 7.85. The topological polar surface area (TPSA) is 210 Å². The number of esters is 1. The zero-order chi connectivity index (χ0) is 25.5. The van der Waals surface area contributed by atoms with E-state index in [4.69, 9.17) is 30.0 Å². The van der Waals surface area contributed by atoms with Gasteiger partial charge in [0.05, 0.1) is 12.8 Å². The molecule has 1 aromatic heterocycles. The van der Waals surface area contributed by atoms with Crippen molar-refractivity contribution in [3.8, 4) is 5.75 Å². The van der Waals surface area contributed by atoms with E-state index in [1.54, 1.807) is 36.4 Å². The van der Waals surface area contributed by atoms with E-state index in [-0.39, 0.29) is 23.9 Å². The minimum Gasteiger partial charge on any atom is -0.481 e. The van der Waals surface area contributed by atoms with Crippen LogP contribution in [0.25, 0.3) is 10.8 Å².